The average Bonchev–Trinajstić information content (AvgIpc) is 2.17. The highest BCUT2D eigenvalue weighted by Gasteiger charge is 2.18. The molecule has 0 heterocycles. The van der Waals surface area contributed by atoms with Crippen molar-refractivity contribution in [2.75, 3.05) is 12.3 Å². The molecule has 0 radical (unpaired) electrons. The number of amides is 1. The number of allylic oxidation sites excluding steroid dienone is 2. The van der Waals surface area contributed by atoms with Crippen LogP contribution in [0.1, 0.15) is 19.3 Å². The molecule has 86 valence electrons. The van der Waals surface area contributed by atoms with Crippen molar-refractivity contribution in [3.05, 3.63) is 12.2 Å². The number of carbonyl (C=O) groups excluding carboxylic acids is 1. The lowest BCUT2D eigenvalue weighted by Crippen LogP contribution is -2.35. The third-order valence-corrected chi connectivity index (χ3v) is 3.10. The van der Waals surface area contributed by atoms with E-state index >= 15 is 0 Å². The van der Waals surface area contributed by atoms with Crippen molar-refractivity contribution in [3.63, 3.8) is 0 Å². The minimum atomic E-state index is -3.48. The fourth-order valence-corrected chi connectivity index (χ4v) is 1.88. The first kappa shape index (κ1) is 12.2. The van der Waals surface area contributed by atoms with E-state index in [0.29, 0.717) is 0 Å². The summed E-state index contributed by atoms with van der Waals surface area (Å²) in [5.74, 6) is -0.306. The second-order valence-corrected chi connectivity index (χ2v) is 5.37. The molecule has 0 bridgehead atoms. The molecule has 1 unspecified atom stereocenters. The van der Waals surface area contributed by atoms with Gasteiger partial charge in [0.05, 0.1) is 5.75 Å². The van der Waals surface area contributed by atoms with E-state index in [2.05, 4.69) is 5.32 Å². The van der Waals surface area contributed by atoms with Crippen LogP contribution in [-0.4, -0.2) is 26.6 Å². The predicted molar refractivity (Wildman–Crippen MR) is 57.5 cm³/mol. The minimum absolute atomic E-state index is 0.0181. The molecule has 0 saturated heterocycles. The van der Waals surface area contributed by atoms with Gasteiger partial charge in [-0.1, -0.05) is 12.2 Å². The van der Waals surface area contributed by atoms with Gasteiger partial charge in [-0.3, -0.25) is 4.79 Å². The Morgan fingerprint density at radius 2 is 2.20 bits per heavy atom. The summed E-state index contributed by atoms with van der Waals surface area (Å²) in [6, 6.07) is 0. The summed E-state index contributed by atoms with van der Waals surface area (Å²) in [6.07, 6.45) is 6.51. The number of sulfonamides is 1. The first-order chi connectivity index (χ1) is 6.99. The lowest BCUT2D eigenvalue weighted by atomic mass is 9.94. The Labute approximate surface area is 89.8 Å². The maximum atomic E-state index is 11.5. The quantitative estimate of drug-likeness (QED) is 0.655. The second kappa shape index (κ2) is 5.27. The van der Waals surface area contributed by atoms with Crippen LogP contribution < -0.4 is 10.5 Å². The zero-order valence-corrected chi connectivity index (χ0v) is 9.29. The average molecular weight is 232 g/mol. The summed E-state index contributed by atoms with van der Waals surface area (Å²) in [5.41, 5.74) is 0. The highest BCUT2D eigenvalue weighted by atomic mass is 32.2. The molecule has 0 aromatic heterocycles. The fraction of sp³-hybridized carbons (Fsp3) is 0.667. The van der Waals surface area contributed by atoms with E-state index in [9.17, 15) is 13.2 Å². The van der Waals surface area contributed by atoms with Crippen LogP contribution in [0, 0.1) is 5.92 Å². The molecule has 1 aliphatic carbocycles. The van der Waals surface area contributed by atoms with Gasteiger partial charge >= 0.3 is 0 Å². The van der Waals surface area contributed by atoms with Crippen molar-refractivity contribution >= 4 is 15.9 Å². The summed E-state index contributed by atoms with van der Waals surface area (Å²) >= 11 is 0. The molecule has 6 heteroatoms. The van der Waals surface area contributed by atoms with Gasteiger partial charge in [0.2, 0.25) is 15.9 Å². The summed E-state index contributed by atoms with van der Waals surface area (Å²) in [5, 5.41) is 7.39. The lowest BCUT2D eigenvalue weighted by Gasteiger charge is -2.16. The van der Waals surface area contributed by atoms with Crippen LogP contribution in [0.15, 0.2) is 12.2 Å². The summed E-state index contributed by atoms with van der Waals surface area (Å²) < 4.78 is 21.2. The topological polar surface area (TPSA) is 89.3 Å². The Bertz CT molecular complexity index is 348. The van der Waals surface area contributed by atoms with Gasteiger partial charge in [0.15, 0.2) is 0 Å². The molecule has 5 nitrogen and oxygen atoms in total. The molecule has 1 rings (SSSR count). The van der Waals surface area contributed by atoms with E-state index in [-0.39, 0.29) is 24.1 Å². The van der Waals surface area contributed by atoms with E-state index in [1.807, 2.05) is 12.2 Å². The molecular formula is C9H16N2O3S. The largest absolute Gasteiger partial charge is 0.355 e. The second-order valence-electron chi connectivity index (χ2n) is 3.64. The van der Waals surface area contributed by atoms with Crippen LogP contribution in [0.2, 0.25) is 0 Å². The zero-order valence-electron chi connectivity index (χ0n) is 8.48. The standard InChI is InChI=1S/C9H16N2O3S/c10-15(13,14)7-6-11-9(12)8-4-2-1-3-5-8/h1-2,8H,3-7H2,(H,11,12)(H2,10,13,14). The van der Waals surface area contributed by atoms with Crippen LogP contribution in [0.4, 0.5) is 0 Å². The number of nitrogens with two attached hydrogens (primary N) is 1. The van der Waals surface area contributed by atoms with Gasteiger partial charge in [-0.15, -0.1) is 0 Å². The Morgan fingerprint density at radius 1 is 1.47 bits per heavy atom. The third-order valence-electron chi connectivity index (χ3n) is 2.33. The molecule has 0 spiro atoms. The van der Waals surface area contributed by atoms with Crippen LogP contribution in [0.5, 0.6) is 0 Å². The van der Waals surface area contributed by atoms with E-state index in [1.54, 1.807) is 0 Å². The Hall–Kier alpha value is -0.880. The Kier molecular flexibility index (Phi) is 4.28. The van der Waals surface area contributed by atoms with Gasteiger partial charge in [-0.05, 0) is 19.3 Å². The fourth-order valence-electron chi connectivity index (χ4n) is 1.49. The molecule has 1 aliphatic rings. The normalized spacial score (nSPS) is 21.3. The number of rotatable bonds is 4. The van der Waals surface area contributed by atoms with Crippen molar-refractivity contribution in [2.45, 2.75) is 19.3 Å². The molecule has 1 amide bonds. The van der Waals surface area contributed by atoms with Crippen LogP contribution in [0.3, 0.4) is 0 Å². The number of hydrogen-bond acceptors (Lipinski definition) is 3. The van der Waals surface area contributed by atoms with Crippen LogP contribution >= 0.6 is 0 Å². The number of hydrogen-bond donors (Lipinski definition) is 2. The molecule has 3 N–H and O–H groups in total. The molecule has 0 aliphatic heterocycles. The molecule has 15 heavy (non-hydrogen) atoms. The monoisotopic (exact) mass is 232 g/mol. The summed E-state index contributed by atoms with van der Waals surface area (Å²) in [7, 11) is -3.48. The highest BCUT2D eigenvalue weighted by molar-refractivity contribution is 7.89. The van der Waals surface area contributed by atoms with E-state index < -0.39 is 10.0 Å². The molecule has 0 fully saturated rings. The van der Waals surface area contributed by atoms with E-state index in [4.69, 9.17) is 5.14 Å². The van der Waals surface area contributed by atoms with Crippen molar-refractivity contribution in [1.82, 2.24) is 5.32 Å². The molecule has 0 aromatic carbocycles. The number of carbonyl (C=O) groups is 1. The number of nitrogens with one attached hydrogen (secondary N) is 1. The van der Waals surface area contributed by atoms with E-state index in [0.717, 1.165) is 19.3 Å². The van der Waals surface area contributed by atoms with Crippen molar-refractivity contribution in [2.24, 2.45) is 11.1 Å². The smallest absolute Gasteiger partial charge is 0.223 e. The molecule has 0 saturated carbocycles. The van der Waals surface area contributed by atoms with E-state index in [1.165, 1.54) is 0 Å². The minimum Gasteiger partial charge on any atom is -0.355 e. The zero-order chi connectivity index (χ0) is 11.3. The summed E-state index contributed by atoms with van der Waals surface area (Å²) in [6.45, 7) is 0.0951. The van der Waals surface area contributed by atoms with Gasteiger partial charge in [0, 0.05) is 12.5 Å². The molecular weight excluding hydrogens is 216 g/mol. The van der Waals surface area contributed by atoms with Gasteiger partial charge in [0.1, 0.15) is 0 Å². The predicted octanol–water partition coefficient (Wildman–Crippen LogP) is -0.253. The van der Waals surface area contributed by atoms with Crippen molar-refractivity contribution in [1.29, 1.82) is 0 Å². The lowest BCUT2D eigenvalue weighted by molar-refractivity contribution is -0.125. The van der Waals surface area contributed by atoms with Crippen LogP contribution in [0.25, 0.3) is 0 Å². The van der Waals surface area contributed by atoms with Crippen LogP contribution in [-0.2, 0) is 14.8 Å². The third kappa shape index (κ3) is 4.94. The van der Waals surface area contributed by atoms with Gasteiger partial charge < -0.3 is 5.32 Å². The van der Waals surface area contributed by atoms with Gasteiger partial charge in [0.25, 0.3) is 0 Å². The summed E-state index contributed by atoms with van der Waals surface area (Å²) in [4.78, 5) is 11.5. The van der Waals surface area contributed by atoms with Gasteiger partial charge in [-0.25, -0.2) is 13.6 Å². The molecule has 0 aromatic rings. The first-order valence-corrected chi connectivity index (χ1v) is 6.64. The SMILES string of the molecule is NS(=O)(=O)CCNC(=O)C1CC=CCC1. The maximum Gasteiger partial charge on any atom is 0.223 e. The van der Waals surface area contributed by atoms with Crippen molar-refractivity contribution < 1.29 is 13.2 Å². The number of primary sulfonamides is 1. The molecule has 1 atom stereocenters. The maximum absolute atomic E-state index is 11.5. The van der Waals surface area contributed by atoms with Gasteiger partial charge in [-0.2, -0.15) is 0 Å². The van der Waals surface area contributed by atoms with Crippen molar-refractivity contribution in [3.8, 4) is 0 Å². The Morgan fingerprint density at radius 3 is 2.73 bits per heavy atom. The highest BCUT2D eigenvalue weighted by Crippen LogP contribution is 2.17. The Balaban J connectivity index is 2.27. The first-order valence-electron chi connectivity index (χ1n) is 4.92.